The first-order valence-corrected chi connectivity index (χ1v) is 10.8. The van der Waals surface area contributed by atoms with Crippen LogP contribution in [0.25, 0.3) is 24.3 Å². The molecule has 0 aliphatic heterocycles. The van der Waals surface area contributed by atoms with Gasteiger partial charge in [0.15, 0.2) is 24.8 Å². The van der Waals surface area contributed by atoms with Crippen molar-refractivity contribution < 1.29 is 9.13 Å². The summed E-state index contributed by atoms with van der Waals surface area (Å²) in [5.74, 6) is 0. The van der Waals surface area contributed by atoms with Crippen LogP contribution in [-0.4, -0.2) is 0 Å². The van der Waals surface area contributed by atoms with Gasteiger partial charge in [-0.05, 0) is 25.0 Å². The maximum atomic E-state index is 9.89. The Morgan fingerprint density at radius 1 is 0.559 bits per heavy atom. The molecule has 0 bridgehead atoms. The Labute approximate surface area is 199 Å². The largest absolute Gasteiger partial charge is 0.205 e. The van der Waals surface area contributed by atoms with Gasteiger partial charge in [0.25, 0.3) is 0 Å². The molecule has 1 aromatic carbocycles. The minimum Gasteiger partial charge on any atom is -0.205 e. The van der Waals surface area contributed by atoms with Gasteiger partial charge >= 0.3 is 0 Å². The summed E-state index contributed by atoms with van der Waals surface area (Å²) in [6.45, 7) is 5.76. The molecule has 0 saturated heterocycles. The highest BCUT2D eigenvalue weighted by atomic mass is 14.9. The molecule has 6 heteroatoms. The summed E-state index contributed by atoms with van der Waals surface area (Å²) in [4.78, 5) is 0. The van der Waals surface area contributed by atoms with E-state index in [0.717, 1.165) is 24.2 Å². The van der Waals surface area contributed by atoms with E-state index >= 15 is 0 Å². The molecular formula is C28H22N6+2. The summed E-state index contributed by atoms with van der Waals surface area (Å²) < 4.78 is 4.02. The van der Waals surface area contributed by atoms with E-state index < -0.39 is 0 Å². The lowest BCUT2D eigenvalue weighted by molar-refractivity contribution is -0.693. The maximum Gasteiger partial charge on any atom is 0.169 e. The number of hydrogen-bond donors (Lipinski definition) is 0. The van der Waals surface area contributed by atoms with Gasteiger partial charge in [-0.3, -0.25) is 0 Å². The third kappa shape index (κ3) is 4.89. The summed E-state index contributed by atoms with van der Waals surface area (Å²) >= 11 is 0. The molecule has 0 amide bonds. The van der Waals surface area contributed by atoms with Crippen molar-refractivity contribution in [3.63, 3.8) is 0 Å². The van der Waals surface area contributed by atoms with E-state index in [1.807, 2.05) is 72.0 Å². The first kappa shape index (κ1) is 23.6. The van der Waals surface area contributed by atoms with Crippen LogP contribution >= 0.6 is 0 Å². The second kappa shape index (κ2) is 11.0. The predicted octanol–water partition coefficient (Wildman–Crippen LogP) is 4.13. The van der Waals surface area contributed by atoms with E-state index in [2.05, 4.69) is 24.3 Å². The Morgan fingerprint density at radius 3 is 1.09 bits per heavy atom. The molecular weight excluding hydrogens is 420 g/mol. The first-order chi connectivity index (χ1) is 16.6. The molecule has 3 rings (SSSR count). The molecule has 3 aromatic rings. The number of aryl methyl sites for hydroxylation is 2. The van der Waals surface area contributed by atoms with Gasteiger partial charge in [-0.1, -0.05) is 24.3 Å². The number of pyridine rings is 2. The first-order valence-electron chi connectivity index (χ1n) is 10.8. The van der Waals surface area contributed by atoms with Crippen molar-refractivity contribution in [2.45, 2.75) is 26.9 Å². The minimum atomic E-state index is 0.0744. The van der Waals surface area contributed by atoms with Gasteiger partial charge in [0, 0.05) is 35.4 Å². The average molecular weight is 443 g/mol. The fraction of sp³-hybridized carbons (Fsp3) is 0.143. The van der Waals surface area contributed by atoms with Crippen molar-refractivity contribution >= 4 is 24.3 Å². The highest BCUT2D eigenvalue weighted by Gasteiger charge is 2.22. The van der Waals surface area contributed by atoms with Gasteiger partial charge in [-0.25, -0.2) is 9.13 Å². The molecule has 0 unspecified atom stereocenters. The van der Waals surface area contributed by atoms with Crippen molar-refractivity contribution in [1.29, 1.82) is 21.0 Å². The third-order valence-corrected chi connectivity index (χ3v) is 5.47. The number of rotatable bonds is 6. The SMILES string of the molecule is CC[n+]1ccc(C=Cc2c(C#N)c(C#N)c(C=Cc3cc[n+](CC)cc3)c(C#N)c2C#N)cc1. The molecule has 2 heterocycles. The number of nitriles is 4. The van der Waals surface area contributed by atoms with E-state index in [9.17, 15) is 21.0 Å². The molecule has 6 nitrogen and oxygen atoms in total. The zero-order valence-corrected chi connectivity index (χ0v) is 19.0. The average Bonchev–Trinajstić information content (AvgIpc) is 2.90. The number of aromatic nitrogens is 2. The molecule has 34 heavy (non-hydrogen) atoms. The van der Waals surface area contributed by atoms with Crippen molar-refractivity contribution in [3.05, 3.63) is 93.6 Å². The van der Waals surface area contributed by atoms with E-state index in [4.69, 9.17) is 0 Å². The van der Waals surface area contributed by atoms with Gasteiger partial charge in [0.1, 0.15) is 37.4 Å². The number of nitrogens with zero attached hydrogens (tertiary/aromatic N) is 6. The van der Waals surface area contributed by atoms with Crippen LogP contribution in [-0.2, 0) is 13.1 Å². The summed E-state index contributed by atoms with van der Waals surface area (Å²) in [7, 11) is 0. The maximum absolute atomic E-state index is 9.89. The molecule has 0 aliphatic carbocycles. The Morgan fingerprint density at radius 2 is 0.853 bits per heavy atom. The Hall–Kier alpha value is -5.04. The third-order valence-electron chi connectivity index (χ3n) is 5.47. The van der Waals surface area contributed by atoms with Crippen LogP contribution in [0.1, 0.15) is 58.4 Å². The minimum absolute atomic E-state index is 0.0744. The predicted molar refractivity (Wildman–Crippen MR) is 128 cm³/mol. The molecule has 162 valence electrons. The lowest BCUT2D eigenvalue weighted by Gasteiger charge is -2.11. The molecule has 0 saturated carbocycles. The number of benzene rings is 1. The van der Waals surface area contributed by atoms with Gasteiger partial charge < -0.3 is 0 Å². The second-order valence-corrected chi connectivity index (χ2v) is 7.37. The van der Waals surface area contributed by atoms with Crippen LogP contribution in [0.4, 0.5) is 0 Å². The molecule has 0 spiro atoms. The molecule has 2 aromatic heterocycles. The second-order valence-electron chi connectivity index (χ2n) is 7.37. The molecule has 0 atom stereocenters. The van der Waals surface area contributed by atoms with Crippen LogP contribution < -0.4 is 9.13 Å². The van der Waals surface area contributed by atoms with Gasteiger partial charge in [0.2, 0.25) is 0 Å². The lowest BCUT2D eigenvalue weighted by atomic mass is 9.87. The van der Waals surface area contributed by atoms with Crippen molar-refractivity contribution in [3.8, 4) is 24.3 Å². The molecule has 0 radical (unpaired) electrons. The summed E-state index contributed by atoms with van der Waals surface area (Å²) in [5.41, 5.74) is 2.57. The van der Waals surface area contributed by atoms with E-state index in [-0.39, 0.29) is 33.4 Å². The van der Waals surface area contributed by atoms with Crippen LogP contribution in [0.5, 0.6) is 0 Å². The zero-order chi connectivity index (χ0) is 24.5. The van der Waals surface area contributed by atoms with Gasteiger partial charge in [-0.2, -0.15) is 21.0 Å². The topological polar surface area (TPSA) is 103 Å². The van der Waals surface area contributed by atoms with Crippen molar-refractivity contribution in [2.75, 3.05) is 0 Å². The normalized spacial score (nSPS) is 10.5. The van der Waals surface area contributed by atoms with E-state index in [0.29, 0.717) is 0 Å². The van der Waals surface area contributed by atoms with Crippen LogP contribution in [0.2, 0.25) is 0 Å². The lowest BCUT2D eigenvalue weighted by Crippen LogP contribution is -2.30. The Balaban J connectivity index is 2.17. The Kier molecular flexibility index (Phi) is 7.65. The summed E-state index contributed by atoms with van der Waals surface area (Å²) in [5, 5.41) is 39.6. The fourth-order valence-corrected chi connectivity index (χ4v) is 3.53. The van der Waals surface area contributed by atoms with Crippen LogP contribution in [0, 0.1) is 45.3 Å². The van der Waals surface area contributed by atoms with Gasteiger partial charge in [0.05, 0.1) is 22.3 Å². The smallest absolute Gasteiger partial charge is 0.169 e. The monoisotopic (exact) mass is 442 g/mol. The van der Waals surface area contributed by atoms with Crippen molar-refractivity contribution in [1.82, 2.24) is 0 Å². The number of hydrogen-bond acceptors (Lipinski definition) is 4. The highest BCUT2D eigenvalue weighted by Crippen LogP contribution is 2.30. The van der Waals surface area contributed by atoms with E-state index in [1.54, 1.807) is 24.3 Å². The molecule has 0 N–H and O–H groups in total. The zero-order valence-electron chi connectivity index (χ0n) is 19.0. The summed E-state index contributed by atoms with van der Waals surface area (Å²) in [6, 6.07) is 15.9. The Bertz CT molecular complexity index is 1270. The fourth-order valence-electron chi connectivity index (χ4n) is 3.53. The highest BCUT2D eigenvalue weighted by molar-refractivity contribution is 5.86. The van der Waals surface area contributed by atoms with E-state index in [1.165, 1.54) is 0 Å². The quantitative estimate of drug-likeness (QED) is 0.536. The van der Waals surface area contributed by atoms with Crippen LogP contribution in [0.15, 0.2) is 49.1 Å². The molecule has 0 aliphatic rings. The summed E-state index contributed by atoms with van der Waals surface area (Å²) in [6.07, 6.45) is 14.5. The van der Waals surface area contributed by atoms with Crippen LogP contribution in [0.3, 0.4) is 0 Å². The molecule has 0 fully saturated rings. The van der Waals surface area contributed by atoms with Gasteiger partial charge in [-0.15, -0.1) is 0 Å². The standard InChI is InChI=1S/C28H22N6/c1-3-33-13-9-21(10-14-33)5-7-23-25(17-29)27(19-31)24(28(20-32)26(23)18-30)8-6-22-11-15-34(4-2)16-12-22/h5-16H,3-4H2,1-2H3/q+2. The van der Waals surface area contributed by atoms with Crippen molar-refractivity contribution in [2.24, 2.45) is 0 Å².